The largest absolute Gasteiger partial charge is 0.493 e. The second kappa shape index (κ2) is 13.7. The number of methoxy groups -OCH3 is 4. The molecule has 1 heterocycles. The van der Waals surface area contributed by atoms with Gasteiger partial charge < -0.3 is 28.4 Å². The van der Waals surface area contributed by atoms with Crippen LogP contribution in [0.4, 0.5) is 0 Å². The van der Waals surface area contributed by atoms with E-state index in [-0.39, 0.29) is 6.04 Å². The molecule has 0 radical (unpaired) electrons. The van der Waals surface area contributed by atoms with Gasteiger partial charge in [-0.2, -0.15) is 5.26 Å². The average molecular weight is 541 g/mol. The van der Waals surface area contributed by atoms with E-state index >= 15 is 0 Å². The molecule has 39 heavy (non-hydrogen) atoms. The molecule has 1 aliphatic rings. The molecular formula is C31H44N2O6. The summed E-state index contributed by atoms with van der Waals surface area (Å²) in [5.41, 5.74) is 2.56. The molecule has 2 atom stereocenters. The number of hydrogen-bond acceptors (Lipinski definition) is 8. The van der Waals surface area contributed by atoms with Crippen molar-refractivity contribution in [3.63, 3.8) is 0 Å². The van der Waals surface area contributed by atoms with Gasteiger partial charge in [-0.1, -0.05) is 13.0 Å². The Hall–Kier alpha value is -3.31. The first-order valence-corrected chi connectivity index (χ1v) is 13.8. The highest BCUT2D eigenvalue weighted by Crippen LogP contribution is 2.52. The lowest BCUT2D eigenvalue weighted by Crippen LogP contribution is -2.38. The Morgan fingerprint density at radius 3 is 2.00 bits per heavy atom. The van der Waals surface area contributed by atoms with Crippen LogP contribution >= 0.6 is 0 Å². The van der Waals surface area contributed by atoms with Crippen LogP contribution in [0.25, 0.3) is 0 Å². The van der Waals surface area contributed by atoms with Gasteiger partial charge in [0.2, 0.25) is 11.5 Å². The molecule has 0 aromatic heterocycles. The van der Waals surface area contributed by atoms with Crippen molar-refractivity contribution < 1.29 is 28.4 Å². The lowest BCUT2D eigenvalue weighted by atomic mass is 9.75. The molecule has 2 aromatic rings. The SMILES string of the molecule is CCOc1c2c(c(OCC)c(OC)c1OC)CN(C)C(CCCC(C#N)(CC)c1ccc(OC)c(OC)c1)C2. The third-order valence-corrected chi connectivity index (χ3v) is 7.88. The molecule has 2 aromatic carbocycles. The number of rotatable bonds is 14. The minimum absolute atomic E-state index is 0.280. The van der Waals surface area contributed by atoms with E-state index in [1.54, 1.807) is 28.4 Å². The monoisotopic (exact) mass is 540 g/mol. The quantitative estimate of drug-likeness (QED) is 0.292. The molecule has 0 aliphatic carbocycles. The van der Waals surface area contributed by atoms with E-state index in [9.17, 15) is 5.26 Å². The summed E-state index contributed by atoms with van der Waals surface area (Å²) in [4.78, 5) is 2.36. The molecule has 2 unspecified atom stereocenters. The first kappa shape index (κ1) is 30.2. The van der Waals surface area contributed by atoms with Crippen LogP contribution in [-0.4, -0.2) is 59.6 Å². The Bertz CT molecular complexity index is 1160. The number of nitriles is 1. The maximum Gasteiger partial charge on any atom is 0.207 e. The zero-order valence-corrected chi connectivity index (χ0v) is 24.8. The fourth-order valence-electron chi connectivity index (χ4n) is 5.69. The van der Waals surface area contributed by atoms with E-state index in [1.165, 1.54) is 0 Å². The predicted molar refractivity (Wildman–Crippen MR) is 152 cm³/mol. The zero-order valence-electron chi connectivity index (χ0n) is 24.8. The Kier molecular flexibility index (Phi) is 10.6. The Morgan fingerprint density at radius 1 is 0.872 bits per heavy atom. The molecule has 0 N–H and O–H groups in total. The number of likely N-dealkylation sites (N-methyl/N-ethyl adjacent to an activating group) is 1. The van der Waals surface area contributed by atoms with Crippen molar-refractivity contribution >= 4 is 0 Å². The van der Waals surface area contributed by atoms with Gasteiger partial charge in [0.25, 0.3) is 0 Å². The van der Waals surface area contributed by atoms with Gasteiger partial charge in [-0.05, 0) is 70.7 Å². The van der Waals surface area contributed by atoms with Crippen molar-refractivity contribution in [2.24, 2.45) is 0 Å². The van der Waals surface area contributed by atoms with E-state index in [0.717, 1.165) is 53.9 Å². The van der Waals surface area contributed by atoms with Crippen LogP contribution in [0.15, 0.2) is 18.2 Å². The molecule has 8 nitrogen and oxygen atoms in total. The Morgan fingerprint density at radius 2 is 1.49 bits per heavy atom. The van der Waals surface area contributed by atoms with Gasteiger partial charge in [0.05, 0.1) is 53.1 Å². The van der Waals surface area contributed by atoms with Gasteiger partial charge in [0.15, 0.2) is 23.0 Å². The second-order valence-electron chi connectivity index (χ2n) is 9.83. The van der Waals surface area contributed by atoms with E-state index in [2.05, 4.69) is 24.9 Å². The molecule has 0 amide bonds. The highest BCUT2D eigenvalue weighted by molar-refractivity contribution is 5.68. The molecule has 1 aliphatic heterocycles. The fraction of sp³-hybridized carbons (Fsp3) is 0.581. The smallest absolute Gasteiger partial charge is 0.207 e. The molecule has 8 heteroatoms. The van der Waals surface area contributed by atoms with Gasteiger partial charge >= 0.3 is 0 Å². The van der Waals surface area contributed by atoms with Crippen molar-refractivity contribution in [1.29, 1.82) is 5.26 Å². The average Bonchev–Trinajstić information content (AvgIpc) is 2.96. The molecule has 0 saturated carbocycles. The van der Waals surface area contributed by atoms with Gasteiger partial charge in [-0.3, -0.25) is 4.90 Å². The van der Waals surface area contributed by atoms with Crippen LogP contribution in [0.5, 0.6) is 34.5 Å². The molecule has 0 bridgehead atoms. The van der Waals surface area contributed by atoms with Crippen molar-refractivity contribution in [1.82, 2.24) is 4.90 Å². The topological polar surface area (TPSA) is 82.4 Å². The van der Waals surface area contributed by atoms with Crippen LogP contribution in [0, 0.1) is 11.3 Å². The summed E-state index contributed by atoms with van der Waals surface area (Å²) in [6, 6.07) is 8.73. The Labute approximate surface area is 233 Å². The minimum atomic E-state index is -0.597. The van der Waals surface area contributed by atoms with Crippen LogP contribution in [-0.2, 0) is 18.4 Å². The minimum Gasteiger partial charge on any atom is -0.493 e. The van der Waals surface area contributed by atoms with Crippen LogP contribution in [0.3, 0.4) is 0 Å². The second-order valence-corrected chi connectivity index (χ2v) is 9.83. The van der Waals surface area contributed by atoms with Gasteiger partial charge in [0, 0.05) is 23.7 Å². The van der Waals surface area contributed by atoms with Crippen LogP contribution in [0.1, 0.15) is 63.1 Å². The van der Waals surface area contributed by atoms with Gasteiger partial charge in [-0.25, -0.2) is 0 Å². The summed E-state index contributed by atoms with van der Waals surface area (Å²) in [7, 11) is 8.65. The Balaban J connectivity index is 1.89. The predicted octanol–water partition coefficient (Wildman–Crippen LogP) is 5.92. The number of ether oxygens (including phenoxy) is 6. The molecule has 0 fully saturated rings. The highest BCUT2D eigenvalue weighted by Gasteiger charge is 2.36. The fourth-order valence-corrected chi connectivity index (χ4v) is 5.69. The first-order valence-electron chi connectivity index (χ1n) is 13.8. The molecule has 0 spiro atoms. The van der Waals surface area contributed by atoms with Crippen molar-refractivity contribution in [2.45, 2.75) is 70.9 Å². The summed E-state index contributed by atoms with van der Waals surface area (Å²) in [6.45, 7) is 7.78. The normalized spacial score (nSPS) is 16.4. The lowest BCUT2D eigenvalue weighted by molar-refractivity contribution is 0.185. The van der Waals surface area contributed by atoms with Crippen LogP contribution in [0.2, 0.25) is 0 Å². The zero-order chi connectivity index (χ0) is 28.6. The first-order chi connectivity index (χ1) is 18.9. The van der Waals surface area contributed by atoms with Crippen molar-refractivity contribution in [2.75, 3.05) is 48.7 Å². The van der Waals surface area contributed by atoms with Crippen LogP contribution < -0.4 is 28.4 Å². The maximum absolute atomic E-state index is 10.3. The summed E-state index contributed by atoms with van der Waals surface area (Å²) in [5, 5.41) is 10.3. The number of hydrogen-bond donors (Lipinski definition) is 0. The summed E-state index contributed by atoms with van der Waals surface area (Å²) in [6.07, 6.45) is 4.10. The summed E-state index contributed by atoms with van der Waals surface area (Å²) in [5.74, 6) is 3.92. The number of nitrogens with zero attached hydrogens (tertiary/aromatic N) is 2. The summed E-state index contributed by atoms with van der Waals surface area (Å²) >= 11 is 0. The van der Waals surface area contributed by atoms with E-state index < -0.39 is 5.41 Å². The molecular weight excluding hydrogens is 496 g/mol. The lowest BCUT2D eigenvalue weighted by Gasteiger charge is -2.37. The van der Waals surface area contributed by atoms with E-state index in [0.29, 0.717) is 49.2 Å². The third kappa shape index (κ3) is 5.99. The highest BCUT2D eigenvalue weighted by atomic mass is 16.5. The van der Waals surface area contributed by atoms with Gasteiger partial charge in [-0.15, -0.1) is 0 Å². The molecule has 3 rings (SSSR count). The molecule has 0 saturated heterocycles. The van der Waals surface area contributed by atoms with Crippen molar-refractivity contribution in [3.8, 4) is 40.6 Å². The third-order valence-electron chi connectivity index (χ3n) is 7.88. The van der Waals surface area contributed by atoms with E-state index in [1.807, 2.05) is 32.0 Å². The number of fused-ring (bicyclic) bond motifs is 1. The summed E-state index contributed by atoms with van der Waals surface area (Å²) < 4.78 is 34.7. The van der Waals surface area contributed by atoms with Gasteiger partial charge in [0.1, 0.15) is 0 Å². The standard InChI is InChI=1S/C31H44N2O6/c1-9-31(20-32,21-14-15-25(34-5)26(17-21)35-6)16-12-13-22-18-23-24(19-33(22)4)28(39-11-3)30(37-8)29(36-7)27(23)38-10-2/h14-15,17,22H,9-13,16,18-19H2,1-8H3. The molecule has 214 valence electrons. The van der Waals surface area contributed by atoms with E-state index in [4.69, 9.17) is 28.4 Å². The van der Waals surface area contributed by atoms with Crippen molar-refractivity contribution in [3.05, 3.63) is 34.9 Å². The number of benzene rings is 2. The maximum atomic E-state index is 10.3.